The minimum atomic E-state index is -0.708. The van der Waals surface area contributed by atoms with Gasteiger partial charge >= 0.3 is 0 Å². The molecule has 1 rings (SSSR count). The topological polar surface area (TPSA) is 42.0 Å². The lowest BCUT2D eigenvalue weighted by molar-refractivity contribution is 0.569. The second-order valence-corrected chi connectivity index (χ2v) is 5.60. The highest BCUT2D eigenvalue weighted by Crippen LogP contribution is 2.19. The molecule has 1 heterocycles. The second kappa shape index (κ2) is 6.99. The molecule has 5 heteroatoms. The Bertz CT molecular complexity index is 360. The lowest BCUT2D eigenvalue weighted by Crippen LogP contribution is -2.21. The molecule has 0 aromatic carbocycles. The summed E-state index contributed by atoms with van der Waals surface area (Å²) in [5.74, 6) is 0.737. The Morgan fingerprint density at radius 3 is 3.00 bits per heavy atom. The minimum absolute atomic E-state index is 0.173. The Kier molecular flexibility index (Phi) is 5.95. The lowest BCUT2D eigenvalue weighted by atomic mass is 10.1. The van der Waals surface area contributed by atoms with Crippen LogP contribution in [0.4, 0.5) is 0 Å². The lowest BCUT2D eigenvalue weighted by Gasteiger charge is -2.14. The maximum atomic E-state index is 10.9. The van der Waals surface area contributed by atoms with E-state index in [0.717, 1.165) is 24.3 Å². The first-order valence-electron chi connectivity index (χ1n) is 5.25. The fourth-order valence-electron chi connectivity index (χ4n) is 1.43. The third kappa shape index (κ3) is 4.60. The van der Waals surface area contributed by atoms with E-state index in [1.807, 2.05) is 19.1 Å². The number of nitrogens with one attached hydrogen (secondary N) is 1. The van der Waals surface area contributed by atoms with Crippen LogP contribution in [0.2, 0.25) is 5.15 Å². The van der Waals surface area contributed by atoms with Crippen LogP contribution in [0, 0.1) is 0 Å². The molecule has 2 unspecified atom stereocenters. The van der Waals surface area contributed by atoms with Gasteiger partial charge in [0.15, 0.2) is 0 Å². The summed E-state index contributed by atoms with van der Waals surface area (Å²) < 4.78 is 10.9. The average Bonchev–Trinajstić information content (AvgIpc) is 2.24. The van der Waals surface area contributed by atoms with Crippen molar-refractivity contribution in [1.82, 2.24) is 10.3 Å². The van der Waals surface area contributed by atoms with E-state index >= 15 is 0 Å². The van der Waals surface area contributed by atoms with Crippen molar-refractivity contribution in [2.75, 3.05) is 18.6 Å². The number of pyridine rings is 1. The van der Waals surface area contributed by atoms with E-state index < -0.39 is 10.8 Å². The molecule has 0 aliphatic carbocycles. The molecule has 3 nitrogen and oxygen atoms in total. The summed E-state index contributed by atoms with van der Waals surface area (Å²) in [6.45, 7) is 2.89. The summed E-state index contributed by atoms with van der Waals surface area (Å²) in [4.78, 5) is 4.03. The van der Waals surface area contributed by atoms with Gasteiger partial charge in [0.05, 0.1) is 0 Å². The Morgan fingerprint density at radius 1 is 1.62 bits per heavy atom. The van der Waals surface area contributed by atoms with E-state index in [2.05, 4.69) is 10.3 Å². The number of nitrogens with zero attached hydrogens (tertiary/aromatic N) is 1. The van der Waals surface area contributed by atoms with Gasteiger partial charge in [0.25, 0.3) is 0 Å². The monoisotopic (exact) mass is 260 g/mol. The van der Waals surface area contributed by atoms with E-state index in [1.54, 1.807) is 12.5 Å². The summed E-state index contributed by atoms with van der Waals surface area (Å²) in [6.07, 6.45) is 4.31. The van der Waals surface area contributed by atoms with Crippen molar-refractivity contribution >= 4 is 22.4 Å². The van der Waals surface area contributed by atoms with E-state index in [4.69, 9.17) is 11.6 Å². The Balaban J connectivity index is 2.38. The smallest absolute Gasteiger partial charge is 0.133 e. The minimum Gasteiger partial charge on any atom is -0.310 e. The summed E-state index contributed by atoms with van der Waals surface area (Å²) in [5, 5.41) is 3.88. The molecule has 0 amide bonds. The van der Waals surface area contributed by atoms with Gasteiger partial charge in [-0.2, -0.15) is 0 Å². The Hall–Kier alpha value is -0.450. The maximum absolute atomic E-state index is 10.9. The second-order valence-electron chi connectivity index (χ2n) is 3.69. The summed E-state index contributed by atoms with van der Waals surface area (Å²) in [6, 6.07) is 4.01. The molecule has 16 heavy (non-hydrogen) atoms. The third-order valence-electron chi connectivity index (χ3n) is 2.31. The fraction of sp³-hybridized carbons (Fsp3) is 0.545. The van der Waals surface area contributed by atoms with Crippen LogP contribution in [0.15, 0.2) is 18.3 Å². The van der Waals surface area contributed by atoms with E-state index in [-0.39, 0.29) is 6.04 Å². The van der Waals surface area contributed by atoms with Crippen molar-refractivity contribution in [2.24, 2.45) is 0 Å². The molecular weight excluding hydrogens is 244 g/mol. The van der Waals surface area contributed by atoms with Crippen LogP contribution in [-0.2, 0) is 10.8 Å². The zero-order chi connectivity index (χ0) is 12.0. The van der Waals surface area contributed by atoms with Gasteiger partial charge in [-0.1, -0.05) is 17.7 Å². The zero-order valence-corrected chi connectivity index (χ0v) is 11.1. The fourth-order valence-corrected chi connectivity index (χ4v) is 2.26. The van der Waals surface area contributed by atoms with Gasteiger partial charge in [0.1, 0.15) is 5.15 Å². The van der Waals surface area contributed by atoms with Gasteiger partial charge in [0, 0.05) is 40.6 Å². The van der Waals surface area contributed by atoms with E-state index in [9.17, 15) is 4.21 Å². The first kappa shape index (κ1) is 13.6. The molecule has 0 saturated heterocycles. The van der Waals surface area contributed by atoms with Crippen LogP contribution in [0.25, 0.3) is 0 Å². The molecule has 1 N–H and O–H groups in total. The Labute approximate surface area is 104 Å². The van der Waals surface area contributed by atoms with Gasteiger partial charge < -0.3 is 5.32 Å². The average molecular weight is 261 g/mol. The van der Waals surface area contributed by atoms with Gasteiger partial charge in [-0.05, 0) is 26.0 Å². The number of rotatable bonds is 6. The molecule has 1 aromatic rings. The summed E-state index contributed by atoms with van der Waals surface area (Å²) in [5.41, 5.74) is 1.00. The van der Waals surface area contributed by atoms with E-state index in [0.29, 0.717) is 5.15 Å². The molecule has 90 valence electrons. The largest absolute Gasteiger partial charge is 0.310 e. The van der Waals surface area contributed by atoms with Crippen molar-refractivity contribution < 1.29 is 4.21 Å². The van der Waals surface area contributed by atoms with Gasteiger partial charge in [-0.3, -0.25) is 4.21 Å². The Morgan fingerprint density at radius 2 is 2.38 bits per heavy atom. The third-order valence-corrected chi connectivity index (χ3v) is 3.49. The van der Waals surface area contributed by atoms with Crippen molar-refractivity contribution in [2.45, 2.75) is 19.4 Å². The van der Waals surface area contributed by atoms with E-state index in [1.165, 1.54) is 0 Å². The standard InChI is InChI=1S/C11H17ClN2OS/c1-9(13-7-4-8-16(2)15)10-5-3-6-14-11(10)12/h3,5-6,9,13H,4,7-8H2,1-2H3. The first-order chi connectivity index (χ1) is 7.61. The highest BCUT2D eigenvalue weighted by molar-refractivity contribution is 7.84. The van der Waals surface area contributed by atoms with Gasteiger partial charge in [-0.25, -0.2) is 4.98 Å². The van der Waals surface area contributed by atoms with Crippen molar-refractivity contribution in [3.63, 3.8) is 0 Å². The zero-order valence-electron chi connectivity index (χ0n) is 9.57. The molecule has 1 aromatic heterocycles. The van der Waals surface area contributed by atoms with Crippen LogP contribution < -0.4 is 5.32 Å². The van der Waals surface area contributed by atoms with Crippen LogP contribution in [-0.4, -0.2) is 27.7 Å². The van der Waals surface area contributed by atoms with Crippen LogP contribution in [0.1, 0.15) is 24.9 Å². The summed E-state index contributed by atoms with van der Waals surface area (Å²) >= 11 is 5.98. The first-order valence-corrected chi connectivity index (χ1v) is 7.35. The molecule has 0 radical (unpaired) electrons. The van der Waals surface area contributed by atoms with Crippen LogP contribution in [0.3, 0.4) is 0 Å². The summed E-state index contributed by atoms with van der Waals surface area (Å²) in [7, 11) is -0.708. The maximum Gasteiger partial charge on any atom is 0.133 e. The SMILES string of the molecule is CC(NCCCS(C)=O)c1cccnc1Cl. The number of hydrogen-bond acceptors (Lipinski definition) is 3. The van der Waals surface area contributed by atoms with Gasteiger partial charge in [0.2, 0.25) is 0 Å². The molecule has 2 atom stereocenters. The van der Waals surface area contributed by atoms with Gasteiger partial charge in [-0.15, -0.1) is 0 Å². The molecule has 0 aliphatic rings. The molecule has 0 spiro atoms. The van der Waals surface area contributed by atoms with Crippen LogP contribution >= 0.6 is 11.6 Å². The highest BCUT2D eigenvalue weighted by Gasteiger charge is 2.08. The van der Waals surface area contributed by atoms with Crippen molar-refractivity contribution in [3.8, 4) is 0 Å². The van der Waals surface area contributed by atoms with Crippen molar-refractivity contribution in [3.05, 3.63) is 29.0 Å². The predicted octanol–water partition coefficient (Wildman–Crippen LogP) is 2.15. The number of hydrogen-bond donors (Lipinski definition) is 1. The quantitative estimate of drug-likeness (QED) is 0.630. The molecule has 0 aliphatic heterocycles. The molecule has 0 saturated carbocycles. The predicted molar refractivity (Wildman–Crippen MR) is 69.2 cm³/mol. The van der Waals surface area contributed by atoms with Crippen LogP contribution in [0.5, 0.6) is 0 Å². The number of aromatic nitrogens is 1. The highest BCUT2D eigenvalue weighted by atomic mass is 35.5. The molecular formula is C11H17ClN2OS. The normalized spacial score (nSPS) is 14.7. The molecule has 0 fully saturated rings. The van der Waals surface area contributed by atoms with Crippen molar-refractivity contribution in [1.29, 1.82) is 0 Å². The molecule has 0 bridgehead atoms. The number of halogens is 1.